The van der Waals surface area contributed by atoms with E-state index < -0.39 is 25.2 Å². The van der Waals surface area contributed by atoms with Crippen LogP contribution in [0.15, 0.2) is 6.07 Å². The van der Waals surface area contributed by atoms with Crippen LogP contribution in [-0.4, -0.2) is 51.6 Å². The summed E-state index contributed by atoms with van der Waals surface area (Å²) in [6.45, 7) is 0.945. The Hall–Kier alpha value is -1.57. The zero-order valence-electron chi connectivity index (χ0n) is 10.7. The first kappa shape index (κ1) is 15.5. The van der Waals surface area contributed by atoms with Crippen molar-refractivity contribution in [3.63, 3.8) is 0 Å². The number of amides is 1. The number of nitrogens with zero attached hydrogens (tertiary/aromatic N) is 3. The molecule has 1 heterocycles. The standard InChI is InChI=1S/C11H16F3N3O2/c1-8-5-9(2)17(15-8)6-10(19)16(3-4-18)7-11(12,13)14/h5,18H,3-4,6-7H2,1-2H3. The van der Waals surface area contributed by atoms with E-state index in [0.717, 1.165) is 0 Å². The van der Waals surface area contributed by atoms with Crippen LogP contribution in [0.5, 0.6) is 0 Å². The van der Waals surface area contributed by atoms with Gasteiger partial charge in [0.25, 0.3) is 0 Å². The number of hydrogen-bond donors (Lipinski definition) is 1. The van der Waals surface area contributed by atoms with Gasteiger partial charge in [-0.1, -0.05) is 0 Å². The average Bonchev–Trinajstić information content (AvgIpc) is 2.55. The molecule has 5 nitrogen and oxygen atoms in total. The van der Waals surface area contributed by atoms with E-state index in [1.807, 2.05) is 0 Å². The van der Waals surface area contributed by atoms with Crippen LogP contribution in [0, 0.1) is 13.8 Å². The number of hydrogen-bond acceptors (Lipinski definition) is 3. The molecule has 0 atom stereocenters. The fourth-order valence-electron chi connectivity index (χ4n) is 1.69. The molecule has 0 aliphatic rings. The second-order valence-electron chi connectivity index (χ2n) is 4.24. The molecule has 0 aromatic carbocycles. The summed E-state index contributed by atoms with van der Waals surface area (Å²) in [6.07, 6.45) is -4.49. The normalized spacial score (nSPS) is 11.7. The largest absolute Gasteiger partial charge is 0.406 e. The van der Waals surface area contributed by atoms with Crippen molar-refractivity contribution in [2.45, 2.75) is 26.6 Å². The molecule has 0 saturated heterocycles. The zero-order valence-corrected chi connectivity index (χ0v) is 10.7. The highest BCUT2D eigenvalue weighted by Crippen LogP contribution is 2.16. The Balaban J connectivity index is 2.74. The SMILES string of the molecule is Cc1cc(C)n(CC(=O)N(CCO)CC(F)(F)F)n1. The third-order valence-corrected chi connectivity index (χ3v) is 2.48. The highest BCUT2D eigenvalue weighted by Gasteiger charge is 2.32. The van der Waals surface area contributed by atoms with Crippen LogP contribution < -0.4 is 0 Å². The van der Waals surface area contributed by atoms with Gasteiger partial charge in [0.05, 0.1) is 12.3 Å². The molecule has 0 fully saturated rings. The van der Waals surface area contributed by atoms with Crippen molar-refractivity contribution in [3.8, 4) is 0 Å². The van der Waals surface area contributed by atoms with Crippen molar-refractivity contribution in [2.24, 2.45) is 0 Å². The number of aromatic nitrogens is 2. The van der Waals surface area contributed by atoms with E-state index in [2.05, 4.69) is 5.10 Å². The van der Waals surface area contributed by atoms with Crippen LogP contribution in [0.4, 0.5) is 13.2 Å². The quantitative estimate of drug-likeness (QED) is 0.870. The molecule has 108 valence electrons. The molecule has 0 radical (unpaired) electrons. The van der Waals surface area contributed by atoms with Crippen LogP contribution in [0.2, 0.25) is 0 Å². The number of rotatable bonds is 5. The maximum atomic E-state index is 12.3. The average molecular weight is 279 g/mol. The molecule has 1 N–H and O–H groups in total. The number of alkyl halides is 3. The predicted octanol–water partition coefficient (Wildman–Crippen LogP) is 0.883. The molecule has 0 aliphatic heterocycles. The monoisotopic (exact) mass is 279 g/mol. The summed E-state index contributed by atoms with van der Waals surface area (Å²) in [7, 11) is 0. The van der Waals surface area contributed by atoms with Gasteiger partial charge in [0, 0.05) is 12.2 Å². The molecule has 1 aromatic heterocycles. The maximum absolute atomic E-state index is 12.3. The Kier molecular flexibility index (Phi) is 4.93. The first-order valence-electron chi connectivity index (χ1n) is 5.69. The fraction of sp³-hybridized carbons (Fsp3) is 0.636. The van der Waals surface area contributed by atoms with Gasteiger partial charge in [-0.15, -0.1) is 0 Å². The lowest BCUT2D eigenvalue weighted by molar-refractivity contribution is -0.162. The summed E-state index contributed by atoms with van der Waals surface area (Å²) >= 11 is 0. The van der Waals surface area contributed by atoms with Crippen molar-refractivity contribution in [1.82, 2.24) is 14.7 Å². The first-order valence-corrected chi connectivity index (χ1v) is 5.69. The van der Waals surface area contributed by atoms with Crippen LogP contribution >= 0.6 is 0 Å². The Morgan fingerprint density at radius 1 is 1.47 bits per heavy atom. The second-order valence-corrected chi connectivity index (χ2v) is 4.24. The minimum absolute atomic E-state index is 0.268. The number of aliphatic hydroxyl groups is 1. The van der Waals surface area contributed by atoms with Crippen molar-refractivity contribution in [1.29, 1.82) is 0 Å². The third-order valence-electron chi connectivity index (χ3n) is 2.48. The van der Waals surface area contributed by atoms with Gasteiger partial charge in [0.1, 0.15) is 13.1 Å². The second kappa shape index (κ2) is 6.05. The summed E-state index contributed by atoms with van der Waals surface area (Å²) in [4.78, 5) is 12.4. The maximum Gasteiger partial charge on any atom is 0.406 e. The van der Waals surface area contributed by atoms with Gasteiger partial charge in [0.15, 0.2) is 0 Å². The molecule has 0 aliphatic carbocycles. The Morgan fingerprint density at radius 3 is 2.53 bits per heavy atom. The van der Waals surface area contributed by atoms with E-state index in [9.17, 15) is 18.0 Å². The van der Waals surface area contributed by atoms with Gasteiger partial charge in [-0.05, 0) is 19.9 Å². The van der Waals surface area contributed by atoms with Crippen LogP contribution in [-0.2, 0) is 11.3 Å². The summed E-state index contributed by atoms with van der Waals surface area (Å²) in [5.74, 6) is -0.724. The lowest BCUT2D eigenvalue weighted by Crippen LogP contribution is -2.42. The third kappa shape index (κ3) is 4.90. The highest BCUT2D eigenvalue weighted by atomic mass is 19.4. The Morgan fingerprint density at radius 2 is 2.11 bits per heavy atom. The number of aliphatic hydroxyl groups excluding tert-OH is 1. The van der Waals surface area contributed by atoms with E-state index in [1.54, 1.807) is 19.9 Å². The van der Waals surface area contributed by atoms with Crippen molar-refractivity contribution >= 4 is 5.91 Å². The van der Waals surface area contributed by atoms with Crippen LogP contribution in [0.1, 0.15) is 11.4 Å². The lowest BCUT2D eigenvalue weighted by atomic mass is 10.4. The number of carbonyl (C=O) groups excluding carboxylic acids is 1. The zero-order chi connectivity index (χ0) is 14.6. The summed E-state index contributed by atoms with van der Waals surface area (Å²) in [5.41, 5.74) is 1.39. The smallest absolute Gasteiger partial charge is 0.395 e. The minimum atomic E-state index is -4.49. The summed E-state index contributed by atoms with van der Waals surface area (Å²) in [5, 5.41) is 12.7. The van der Waals surface area contributed by atoms with Gasteiger partial charge < -0.3 is 10.0 Å². The van der Waals surface area contributed by atoms with E-state index in [1.165, 1.54) is 4.68 Å². The molecule has 1 aromatic rings. The van der Waals surface area contributed by atoms with Crippen molar-refractivity contribution in [3.05, 3.63) is 17.5 Å². The van der Waals surface area contributed by atoms with E-state index in [-0.39, 0.29) is 13.1 Å². The fourth-order valence-corrected chi connectivity index (χ4v) is 1.69. The summed E-state index contributed by atoms with van der Waals surface area (Å²) in [6, 6.07) is 1.73. The Labute approximate surface area is 108 Å². The number of carbonyl (C=O) groups is 1. The molecule has 19 heavy (non-hydrogen) atoms. The molecular weight excluding hydrogens is 263 g/mol. The van der Waals surface area contributed by atoms with Gasteiger partial charge in [-0.3, -0.25) is 9.48 Å². The molecule has 1 amide bonds. The van der Waals surface area contributed by atoms with Crippen molar-refractivity contribution in [2.75, 3.05) is 19.7 Å². The highest BCUT2D eigenvalue weighted by molar-refractivity contribution is 5.76. The minimum Gasteiger partial charge on any atom is -0.395 e. The van der Waals surface area contributed by atoms with E-state index >= 15 is 0 Å². The Bertz CT molecular complexity index is 443. The van der Waals surface area contributed by atoms with Crippen LogP contribution in [0.25, 0.3) is 0 Å². The molecule has 0 spiro atoms. The lowest BCUT2D eigenvalue weighted by Gasteiger charge is -2.23. The number of aryl methyl sites for hydroxylation is 2. The van der Waals surface area contributed by atoms with Gasteiger partial charge in [0.2, 0.25) is 5.91 Å². The molecular formula is C11H16F3N3O2. The van der Waals surface area contributed by atoms with Gasteiger partial charge >= 0.3 is 6.18 Å². The van der Waals surface area contributed by atoms with Gasteiger partial charge in [-0.2, -0.15) is 18.3 Å². The number of halogens is 3. The van der Waals surface area contributed by atoms with Gasteiger partial charge in [-0.25, -0.2) is 0 Å². The predicted molar refractivity (Wildman–Crippen MR) is 61.4 cm³/mol. The molecule has 0 unspecified atom stereocenters. The molecule has 0 bridgehead atoms. The molecule has 8 heteroatoms. The summed E-state index contributed by atoms with van der Waals surface area (Å²) < 4.78 is 38.3. The van der Waals surface area contributed by atoms with E-state index in [0.29, 0.717) is 16.3 Å². The topological polar surface area (TPSA) is 58.4 Å². The molecule has 1 rings (SSSR count). The van der Waals surface area contributed by atoms with Crippen LogP contribution in [0.3, 0.4) is 0 Å². The van der Waals surface area contributed by atoms with Crippen molar-refractivity contribution < 1.29 is 23.1 Å². The van der Waals surface area contributed by atoms with E-state index in [4.69, 9.17) is 5.11 Å². The molecule has 0 saturated carbocycles. The first-order chi connectivity index (χ1) is 8.73.